The van der Waals surface area contributed by atoms with E-state index in [0.29, 0.717) is 10.7 Å². The molecule has 0 bridgehead atoms. The molecule has 1 N–H and O–H groups in total. The van der Waals surface area contributed by atoms with E-state index in [4.69, 9.17) is 4.74 Å². The number of rotatable bonds is 6. The first-order valence-corrected chi connectivity index (χ1v) is 11.1. The summed E-state index contributed by atoms with van der Waals surface area (Å²) in [6, 6.07) is 24.7. The van der Waals surface area contributed by atoms with Gasteiger partial charge in [-0.2, -0.15) is 0 Å². The smallest absolute Gasteiger partial charge is 0.338 e. The number of carbonyl (C=O) groups excluding carboxylic acids is 2. The number of nitrogens with zero attached hydrogens (tertiary/aromatic N) is 1. The Balaban J connectivity index is 1.31. The molecule has 0 spiro atoms. The van der Waals surface area contributed by atoms with Crippen molar-refractivity contribution >= 4 is 44.3 Å². The fourth-order valence-electron chi connectivity index (χ4n) is 2.91. The minimum absolute atomic E-state index is 0.384. The topological polar surface area (TPSA) is 68.3 Å². The van der Waals surface area contributed by atoms with E-state index in [9.17, 15) is 9.59 Å². The highest BCUT2D eigenvalue weighted by molar-refractivity contribution is 9.10. The van der Waals surface area contributed by atoms with Crippen LogP contribution in [-0.4, -0.2) is 23.5 Å². The maximum absolute atomic E-state index is 12.3. The van der Waals surface area contributed by atoms with Crippen LogP contribution in [0.4, 0.5) is 5.13 Å². The van der Waals surface area contributed by atoms with Crippen molar-refractivity contribution in [3.05, 3.63) is 94.3 Å². The van der Waals surface area contributed by atoms with Crippen molar-refractivity contribution in [1.82, 2.24) is 4.98 Å². The van der Waals surface area contributed by atoms with Crippen molar-refractivity contribution in [3.8, 4) is 22.4 Å². The van der Waals surface area contributed by atoms with Crippen LogP contribution >= 0.6 is 27.3 Å². The van der Waals surface area contributed by atoms with Crippen LogP contribution < -0.4 is 5.32 Å². The zero-order valence-electron chi connectivity index (χ0n) is 16.2. The van der Waals surface area contributed by atoms with E-state index < -0.39 is 11.9 Å². The average Bonchev–Trinajstić information content (AvgIpc) is 3.26. The molecule has 0 aliphatic rings. The third kappa shape index (κ3) is 5.45. The Morgan fingerprint density at radius 3 is 2.35 bits per heavy atom. The second-order valence-electron chi connectivity index (χ2n) is 6.62. The van der Waals surface area contributed by atoms with Crippen molar-refractivity contribution in [2.45, 2.75) is 0 Å². The summed E-state index contributed by atoms with van der Waals surface area (Å²) in [5, 5.41) is 4.97. The zero-order chi connectivity index (χ0) is 21.6. The summed E-state index contributed by atoms with van der Waals surface area (Å²) < 4.78 is 6.09. The Bertz CT molecular complexity index is 1210. The van der Waals surface area contributed by atoms with E-state index in [1.54, 1.807) is 12.1 Å². The van der Waals surface area contributed by atoms with Gasteiger partial charge in [0, 0.05) is 15.4 Å². The van der Waals surface area contributed by atoms with Crippen LogP contribution in [0.1, 0.15) is 10.4 Å². The molecule has 7 heteroatoms. The molecule has 0 atom stereocenters. The third-order valence-electron chi connectivity index (χ3n) is 4.43. The largest absolute Gasteiger partial charge is 0.452 e. The monoisotopic (exact) mass is 492 g/mol. The van der Waals surface area contributed by atoms with Gasteiger partial charge in [-0.05, 0) is 35.4 Å². The number of esters is 1. The highest BCUT2D eigenvalue weighted by Gasteiger charge is 2.13. The highest BCUT2D eigenvalue weighted by Crippen LogP contribution is 2.27. The van der Waals surface area contributed by atoms with Gasteiger partial charge >= 0.3 is 5.97 Å². The second kappa shape index (κ2) is 9.68. The minimum atomic E-state index is -0.552. The number of halogens is 1. The number of hydrogen-bond acceptors (Lipinski definition) is 5. The number of carbonyl (C=O) groups is 2. The van der Waals surface area contributed by atoms with Gasteiger partial charge in [-0.25, -0.2) is 9.78 Å². The summed E-state index contributed by atoms with van der Waals surface area (Å²) in [5.74, 6) is -0.992. The number of thiazole rings is 1. The van der Waals surface area contributed by atoms with Crippen LogP contribution in [0.15, 0.2) is 88.7 Å². The molecule has 154 valence electrons. The molecule has 4 aromatic rings. The summed E-state index contributed by atoms with van der Waals surface area (Å²) in [5.41, 5.74) is 4.15. The second-order valence-corrected chi connectivity index (χ2v) is 8.39. The lowest BCUT2D eigenvalue weighted by molar-refractivity contribution is -0.119. The standard InChI is InChI=1S/C24H17BrN2O3S/c25-20-8-4-7-19(13-20)21-15-31-24(26-21)27-22(28)14-30-23(29)18-11-9-17(10-12-18)16-5-2-1-3-6-16/h1-13,15H,14H2,(H,26,27,28). The molecule has 0 aliphatic carbocycles. The molecule has 0 saturated heterocycles. The molecule has 1 aromatic heterocycles. The van der Waals surface area contributed by atoms with Gasteiger partial charge in [0.25, 0.3) is 5.91 Å². The lowest BCUT2D eigenvalue weighted by atomic mass is 10.0. The fraction of sp³-hybridized carbons (Fsp3) is 0.0417. The molecule has 31 heavy (non-hydrogen) atoms. The van der Waals surface area contributed by atoms with E-state index in [-0.39, 0.29) is 6.61 Å². The van der Waals surface area contributed by atoms with Gasteiger partial charge in [0.15, 0.2) is 11.7 Å². The molecule has 0 saturated carbocycles. The number of anilines is 1. The van der Waals surface area contributed by atoms with Gasteiger partial charge in [0.05, 0.1) is 11.3 Å². The lowest BCUT2D eigenvalue weighted by Crippen LogP contribution is -2.20. The Hall–Kier alpha value is -3.29. The Kier molecular flexibility index (Phi) is 6.54. The maximum atomic E-state index is 12.3. The van der Waals surface area contributed by atoms with E-state index in [2.05, 4.69) is 26.2 Å². The zero-order valence-corrected chi connectivity index (χ0v) is 18.7. The summed E-state index contributed by atoms with van der Waals surface area (Å²) in [7, 11) is 0. The lowest BCUT2D eigenvalue weighted by Gasteiger charge is -2.06. The molecule has 0 aliphatic heterocycles. The molecular weight excluding hydrogens is 476 g/mol. The van der Waals surface area contributed by atoms with Crippen LogP contribution in [-0.2, 0) is 9.53 Å². The first-order chi connectivity index (χ1) is 15.1. The first-order valence-electron chi connectivity index (χ1n) is 9.42. The van der Waals surface area contributed by atoms with Gasteiger partial charge in [-0.3, -0.25) is 10.1 Å². The quantitative estimate of drug-likeness (QED) is 0.333. The summed E-state index contributed by atoms with van der Waals surface area (Å²) in [6.45, 7) is -0.384. The predicted molar refractivity (Wildman–Crippen MR) is 126 cm³/mol. The first kappa shape index (κ1) is 21.0. The van der Waals surface area contributed by atoms with Gasteiger partial charge in [-0.15, -0.1) is 11.3 Å². The van der Waals surface area contributed by atoms with Crippen molar-refractivity contribution in [2.75, 3.05) is 11.9 Å². The van der Waals surface area contributed by atoms with Gasteiger partial charge in [-0.1, -0.05) is 70.5 Å². The van der Waals surface area contributed by atoms with Gasteiger partial charge in [0.2, 0.25) is 0 Å². The van der Waals surface area contributed by atoms with Gasteiger partial charge < -0.3 is 4.74 Å². The van der Waals surface area contributed by atoms with Crippen molar-refractivity contribution in [1.29, 1.82) is 0 Å². The van der Waals surface area contributed by atoms with Crippen molar-refractivity contribution in [2.24, 2.45) is 0 Å². The van der Waals surface area contributed by atoms with Crippen molar-refractivity contribution in [3.63, 3.8) is 0 Å². The number of ether oxygens (including phenoxy) is 1. The fourth-order valence-corrected chi connectivity index (χ4v) is 4.05. The number of aromatic nitrogens is 1. The number of amides is 1. The molecule has 1 amide bonds. The molecule has 1 heterocycles. The molecule has 0 unspecified atom stereocenters. The SMILES string of the molecule is O=C(COC(=O)c1ccc(-c2ccccc2)cc1)Nc1nc(-c2cccc(Br)c2)cs1. The maximum Gasteiger partial charge on any atom is 0.338 e. The number of nitrogens with one attached hydrogen (secondary N) is 1. The molecule has 5 nitrogen and oxygen atoms in total. The summed E-state index contributed by atoms with van der Waals surface area (Å²) >= 11 is 4.74. The predicted octanol–water partition coefficient (Wildman–Crippen LogP) is 6.04. The molecule has 3 aromatic carbocycles. The van der Waals surface area contributed by atoms with Crippen LogP contribution in [0.3, 0.4) is 0 Å². The Labute approximate surface area is 191 Å². The molecule has 0 fully saturated rings. The molecular formula is C24H17BrN2O3S. The third-order valence-corrected chi connectivity index (χ3v) is 5.68. The average molecular weight is 493 g/mol. The van der Waals surface area contributed by atoms with E-state index >= 15 is 0 Å². The highest BCUT2D eigenvalue weighted by atomic mass is 79.9. The number of hydrogen-bond donors (Lipinski definition) is 1. The Morgan fingerprint density at radius 1 is 0.903 bits per heavy atom. The summed E-state index contributed by atoms with van der Waals surface area (Å²) in [6.07, 6.45) is 0. The number of benzene rings is 3. The van der Waals surface area contributed by atoms with Crippen LogP contribution in [0.5, 0.6) is 0 Å². The molecule has 0 radical (unpaired) electrons. The van der Waals surface area contributed by atoms with Crippen molar-refractivity contribution < 1.29 is 14.3 Å². The van der Waals surface area contributed by atoms with E-state index in [1.165, 1.54) is 11.3 Å². The Morgan fingerprint density at radius 2 is 1.61 bits per heavy atom. The minimum Gasteiger partial charge on any atom is -0.452 e. The van der Waals surface area contributed by atoms with Crippen LogP contribution in [0.2, 0.25) is 0 Å². The van der Waals surface area contributed by atoms with Gasteiger partial charge in [0.1, 0.15) is 0 Å². The van der Waals surface area contributed by atoms with E-state index in [1.807, 2.05) is 72.1 Å². The normalized spacial score (nSPS) is 10.5. The molecule has 4 rings (SSSR count). The van der Waals surface area contributed by atoms with E-state index in [0.717, 1.165) is 26.9 Å². The van der Waals surface area contributed by atoms with Crippen LogP contribution in [0, 0.1) is 0 Å². The summed E-state index contributed by atoms with van der Waals surface area (Å²) in [4.78, 5) is 28.8. The van der Waals surface area contributed by atoms with Crippen LogP contribution in [0.25, 0.3) is 22.4 Å².